The Labute approximate surface area is 122 Å². The second kappa shape index (κ2) is 6.86. The van der Waals surface area contributed by atoms with Crippen LogP contribution in [-0.4, -0.2) is 22.4 Å². The van der Waals surface area contributed by atoms with Crippen LogP contribution in [0.25, 0.3) is 0 Å². The normalized spacial score (nSPS) is 10.1. The van der Waals surface area contributed by atoms with Crippen molar-refractivity contribution in [3.63, 3.8) is 0 Å². The summed E-state index contributed by atoms with van der Waals surface area (Å²) in [4.78, 5) is 20.3. The zero-order valence-electron chi connectivity index (χ0n) is 11.1. The number of hydrogen-bond acceptors (Lipinski definition) is 4. The minimum atomic E-state index is -0.342. The summed E-state index contributed by atoms with van der Waals surface area (Å²) in [7, 11) is 0. The van der Waals surface area contributed by atoms with Crippen molar-refractivity contribution in [2.75, 3.05) is 17.2 Å². The van der Waals surface area contributed by atoms with Gasteiger partial charge in [0.05, 0.1) is 5.02 Å². The van der Waals surface area contributed by atoms with Gasteiger partial charge in [-0.2, -0.15) is 0 Å². The summed E-state index contributed by atoms with van der Waals surface area (Å²) in [6.45, 7) is 2.87. The molecule has 5 nitrogen and oxygen atoms in total. The number of nitrogens with zero attached hydrogens (tertiary/aromatic N) is 2. The summed E-state index contributed by atoms with van der Waals surface area (Å²) < 4.78 is 0. The quantitative estimate of drug-likeness (QED) is 0.887. The second-order valence-electron chi connectivity index (χ2n) is 4.12. The molecule has 20 heavy (non-hydrogen) atoms. The van der Waals surface area contributed by atoms with Crippen LogP contribution in [0.15, 0.2) is 36.5 Å². The Kier molecular flexibility index (Phi) is 4.90. The molecule has 0 fully saturated rings. The SMILES string of the molecule is CCCNc1cccc(C(=O)Nc2ncccc2Cl)n1. The standard InChI is InChI=1S/C14H15ClN4O/c1-2-8-16-12-7-3-6-11(18-12)14(20)19-13-10(15)5-4-9-17-13/h3-7,9H,2,8H2,1H3,(H,16,18)(H,17,19,20). The summed E-state index contributed by atoms with van der Waals surface area (Å²) in [5.41, 5.74) is 0.313. The van der Waals surface area contributed by atoms with Crippen molar-refractivity contribution >= 4 is 29.1 Å². The molecule has 104 valence electrons. The van der Waals surface area contributed by atoms with Crippen LogP contribution in [0.1, 0.15) is 23.8 Å². The summed E-state index contributed by atoms with van der Waals surface area (Å²) in [5.74, 6) is 0.658. The molecule has 0 saturated carbocycles. The number of carbonyl (C=O) groups is 1. The second-order valence-corrected chi connectivity index (χ2v) is 4.53. The molecule has 0 aliphatic rings. The van der Waals surface area contributed by atoms with Gasteiger partial charge in [0.15, 0.2) is 5.82 Å². The van der Waals surface area contributed by atoms with Gasteiger partial charge >= 0.3 is 0 Å². The third kappa shape index (κ3) is 3.68. The van der Waals surface area contributed by atoms with E-state index < -0.39 is 0 Å². The molecule has 2 rings (SSSR count). The highest BCUT2D eigenvalue weighted by molar-refractivity contribution is 6.33. The van der Waals surface area contributed by atoms with E-state index >= 15 is 0 Å². The zero-order chi connectivity index (χ0) is 14.4. The van der Waals surface area contributed by atoms with E-state index in [9.17, 15) is 4.79 Å². The van der Waals surface area contributed by atoms with Crippen molar-refractivity contribution in [3.8, 4) is 0 Å². The first kappa shape index (κ1) is 14.3. The molecule has 0 aromatic carbocycles. The van der Waals surface area contributed by atoms with Crippen LogP contribution in [0.2, 0.25) is 5.02 Å². The largest absolute Gasteiger partial charge is 0.370 e. The predicted molar refractivity (Wildman–Crippen MR) is 80.2 cm³/mol. The molecule has 2 aromatic rings. The predicted octanol–water partition coefficient (Wildman–Crippen LogP) is 3.20. The molecule has 0 bridgehead atoms. The van der Waals surface area contributed by atoms with Crippen LogP contribution in [0.5, 0.6) is 0 Å². The van der Waals surface area contributed by atoms with Gasteiger partial charge in [-0.15, -0.1) is 0 Å². The summed E-state index contributed by atoms with van der Waals surface area (Å²) in [5, 5.41) is 6.16. The van der Waals surface area contributed by atoms with Gasteiger partial charge in [-0.05, 0) is 30.7 Å². The molecule has 0 spiro atoms. The number of hydrogen-bond donors (Lipinski definition) is 2. The van der Waals surface area contributed by atoms with Crippen molar-refractivity contribution < 1.29 is 4.79 Å². The Morgan fingerprint density at radius 2 is 2.15 bits per heavy atom. The highest BCUT2D eigenvalue weighted by Gasteiger charge is 2.10. The Morgan fingerprint density at radius 3 is 2.90 bits per heavy atom. The molecule has 0 saturated heterocycles. The van der Waals surface area contributed by atoms with Crippen molar-refractivity contribution in [1.29, 1.82) is 0 Å². The highest BCUT2D eigenvalue weighted by Crippen LogP contribution is 2.18. The molecule has 0 radical (unpaired) electrons. The maximum atomic E-state index is 12.1. The van der Waals surface area contributed by atoms with Crippen molar-refractivity contribution in [1.82, 2.24) is 9.97 Å². The van der Waals surface area contributed by atoms with Gasteiger partial charge in [-0.1, -0.05) is 24.6 Å². The van der Waals surface area contributed by atoms with Gasteiger partial charge in [-0.25, -0.2) is 9.97 Å². The Hall–Kier alpha value is -2.14. The average molecular weight is 291 g/mol. The maximum Gasteiger partial charge on any atom is 0.275 e. The Balaban J connectivity index is 2.11. The number of aromatic nitrogens is 2. The number of rotatable bonds is 5. The van der Waals surface area contributed by atoms with E-state index in [0.29, 0.717) is 22.4 Å². The third-order valence-electron chi connectivity index (χ3n) is 2.53. The minimum Gasteiger partial charge on any atom is -0.370 e. The fourth-order valence-electron chi connectivity index (χ4n) is 1.56. The Morgan fingerprint density at radius 1 is 1.30 bits per heavy atom. The fourth-order valence-corrected chi connectivity index (χ4v) is 1.73. The van der Waals surface area contributed by atoms with Crippen LogP contribution < -0.4 is 10.6 Å². The lowest BCUT2D eigenvalue weighted by Gasteiger charge is -2.07. The molecule has 2 aromatic heterocycles. The van der Waals surface area contributed by atoms with Crippen molar-refractivity contribution in [3.05, 3.63) is 47.2 Å². The van der Waals surface area contributed by atoms with E-state index in [-0.39, 0.29) is 5.91 Å². The van der Waals surface area contributed by atoms with Crippen LogP contribution in [0.4, 0.5) is 11.6 Å². The van der Waals surface area contributed by atoms with Crippen LogP contribution in [-0.2, 0) is 0 Å². The van der Waals surface area contributed by atoms with Gasteiger partial charge in [0.2, 0.25) is 0 Å². The minimum absolute atomic E-state index is 0.313. The van der Waals surface area contributed by atoms with E-state index in [1.807, 2.05) is 6.07 Å². The number of pyridine rings is 2. The third-order valence-corrected chi connectivity index (χ3v) is 2.83. The van der Waals surface area contributed by atoms with Crippen LogP contribution in [0.3, 0.4) is 0 Å². The molecule has 2 N–H and O–H groups in total. The first-order chi connectivity index (χ1) is 9.70. The van der Waals surface area contributed by atoms with E-state index in [1.54, 1.807) is 30.5 Å². The molecular formula is C14H15ClN4O. The first-order valence-electron chi connectivity index (χ1n) is 6.33. The maximum absolute atomic E-state index is 12.1. The number of carbonyl (C=O) groups excluding carboxylic acids is 1. The first-order valence-corrected chi connectivity index (χ1v) is 6.71. The van der Waals surface area contributed by atoms with Crippen LogP contribution >= 0.6 is 11.6 Å². The molecule has 0 unspecified atom stereocenters. The van der Waals surface area contributed by atoms with E-state index in [1.165, 1.54) is 0 Å². The number of amides is 1. The summed E-state index contributed by atoms with van der Waals surface area (Å²) >= 11 is 5.95. The zero-order valence-corrected chi connectivity index (χ0v) is 11.8. The van der Waals surface area contributed by atoms with Gasteiger partial charge < -0.3 is 10.6 Å². The van der Waals surface area contributed by atoms with E-state index in [4.69, 9.17) is 11.6 Å². The molecule has 2 heterocycles. The van der Waals surface area contributed by atoms with Crippen molar-refractivity contribution in [2.24, 2.45) is 0 Å². The monoisotopic (exact) mass is 290 g/mol. The van der Waals surface area contributed by atoms with Crippen molar-refractivity contribution in [2.45, 2.75) is 13.3 Å². The number of halogens is 1. The van der Waals surface area contributed by atoms with Gasteiger partial charge in [0, 0.05) is 12.7 Å². The molecule has 0 aliphatic carbocycles. The van der Waals surface area contributed by atoms with Gasteiger partial charge in [0.1, 0.15) is 11.5 Å². The lowest BCUT2D eigenvalue weighted by atomic mass is 10.3. The van der Waals surface area contributed by atoms with E-state index in [2.05, 4.69) is 27.5 Å². The fraction of sp³-hybridized carbons (Fsp3) is 0.214. The molecule has 6 heteroatoms. The number of nitrogens with one attached hydrogen (secondary N) is 2. The lowest BCUT2D eigenvalue weighted by molar-refractivity contribution is 0.102. The van der Waals surface area contributed by atoms with Crippen LogP contribution in [0, 0.1) is 0 Å². The topological polar surface area (TPSA) is 66.9 Å². The van der Waals surface area contributed by atoms with E-state index in [0.717, 1.165) is 13.0 Å². The number of anilines is 2. The smallest absolute Gasteiger partial charge is 0.275 e. The molecule has 1 amide bonds. The molecular weight excluding hydrogens is 276 g/mol. The lowest BCUT2D eigenvalue weighted by Crippen LogP contribution is -2.15. The van der Waals surface area contributed by atoms with Gasteiger partial charge in [-0.3, -0.25) is 4.79 Å². The molecule has 0 atom stereocenters. The molecule has 0 aliphatic heterocycles. The summed E-state index contributed by atoms with van der Waals surface area (Å²) in [6.07, 6.45) is 2.55. The average Bonchev–Trinajstić information content (AvgIpc) is 2.48. The highest BCUT2D eigenvalue weighted by atomic mass is 35.5. The van der Waals surface area contributed by atoms with Gasteiger partial charge in [0.25, 0.3) is 5.91 Å². The summed E-state index contributed by atoms with van der Waals surface area (Å²) in [6, 6.07) is 8.60. The Bertz CT molecular complexity index is 603.